The molecule has 0 aromatic rings. The molecule has 0 radical (unpaired) electrons. The van der Waals surface area contributed by atoms with Gasteiger partial charge in [0.25, 0.3) is 0 Å². The van der Waals surface area contributed by atoms with E-state index in [1.807, 2.05) is 11.8 Å². The Balaban J connectivity index is 2.67. The number of aliphatic carboxylic acids is 1. The van der Waals surface area contributed by atoms with Crippen LogP contribution in [-0.2, 0) is 4.79 Å². The molecule has 3 unspecified atom stereocenters. The first kappa shape index (κ1) is 11.5. The Bertz CT molecular complexity index is 206. The first-order valence-corrected chi connectivity index (χ1v) is 5.28. The van der Waals surface area contributed by atoms with E-state index in [0.717, 1.165) is 25.8 Å². The highest BCUT2D eigenvalue weighted by molar-refractivity contribution is 5.72. The van der Waals surface area contributed by atoms with Gasteiger partial charge >= 0.3 is 5.97 Å². The lowest BCUT2D eigenvalue weighted by atomic mass is 9.95. The van der Waals surface area contributed by atoms with Crippen LogP contribution in [0.2, 0.25) is 0 Å². The second-order valence-corrected chi connectivity index (χ2v) is 4.17. The van der Waals surface area contributed by atoms with Gasteiger partial charge in [0, 0.05) is 12.1 Å². The van der Waals surface area contributed by atoms with Gasteiger partial charge in [0.1, 0.15) is 6.04 Å². The summed E-state index contributed by atoms with van der Waals surface area (Å²) in [6, 6.07) is -0.127. The lowest BCUT2D eigenvalue weighted by Crippen LogP contribution is -2.54. The van der Waals surface area contributed by atoms with Crippen LogP contribution in [0.25, 0.3) is 0 Å². The molecule has 0 saturated carbocycles. The lowest BCUT2D eigenvalue weighted by Gasteiger charge is -2.40. The van der Waals surface area contributed by atoms with Gasteiger partial charge < -0.3 is 10.8 Å². The number of carbonyl (C=O) groups is 1. The molecule has 3 N–H and O–H groups in total. The summed E-state index contributed by atoms with van der Waals surface area (Å²) in [7, 11) is 0. The normalized spacial score (nSPS) is 28.4. The van der Waals surface area contributed by atoms with Crippen LogP contribution in [0.15, 0.2) is 0 Å². The Hall–Kier alpha value is -0.610. The zero-order chi connectivity index (χ0) is 10.7. The van der Waals surface area contributed by atoms with E-state index in [9.17, 15) is 4.79 Å². The number of carboxylic acids is 1. The van der Waals surface area contributed by atoms with Gasteiger partial charge in [-0.15, -0.1) is 0 Å². The molecule has 82 valence electrons. The number of hydrogen-bond acceptors (Lipinski definition) is 3. The number of nitrogens with two attached hydrogens (primary N) is 1. The van der Waals surface area contributed by atoms with E-state index >= 15 is 0 Å². The second kappa shape index (κ2) is 4.75. The quantitative estimate of drug-likeness (QED) is 0.702. The van der Waals surface area contributed by atoms with Gasteiger partial charge in [-0.25, -0.2) is 0 Å². The second-order valence-electron chi connectivity index (χ2n) is 4.17. The number of piperidine rings is 1. The number of rotatable bonds is 3. The van der Waals surface area contributed by atoms with Crippen LogP contribution in [0, 0.1) is 0 Å². The summed E-state index contributed by atoms with van der Waals surface area (Å²) in [4.78, 5) is 12.9. The van der Waals surface area contributed by atoms with E-state index in [2.05, 4.69) is 0 Å². The minimum Gasteiger partial charge on any atom is -0.480 e. The summed E-state index contributed by atoms with van der Waals surface area (Å²) >= 11 is 0. The summed E-state index contributed by atoms with van der Waals surface area (Å²) in [6.45, 7) is 4.56. The van der Waals surface area contributed by atoms with E-state index in [0.29, 0.717) is 0 Å². The van der Waals surface area contributed by atoms with Gasteiger partial charge in [-0.1, -0.05) is 6.42 Å². The summed E-state index contributed by atoms with van der Waals surface area (Å²) in [5.41, 5.74) is 5.86. The van der Waals surface area contributed by atoms with E-state index in [4.69, 9.17) is 10.8 Å². The molecule has 4 nitrogen and oxygen atoms in total. The molecule has 4 heteroatoms. The number of nitrogens with zero attached hydrogens (tertiary/aromatic N) is 1. The molecule has 0 amide bonds. The van der Waals surface area contributed by atoms with Crippen LogP contribution < -0.4 is 5.73 Å². The third-order valence-corrected chi connectivity index (χ3v) is 3.05. The van der Waals surface area contributed by atoms with Crippen molar-refractivity contribution in [2.75, 3.05) is 6.54 Å². The van der Waals surface area contributed by atoms with Gasteiger partial charge in [-0.3, -0.25) is 9.69 Å². The molecule has 0 aromatic carbocycles. The van der Waals surface area contributed by atoms with Gasteiger partial charge in [0.2, 0.25) is 0 Å². The molecule has 1 heterocycles. The Kier molecular flexibility index (Phi) is 3.89. The van der Waals surface area contributed by atoms with Crippen LogP contribution in [0.4, 0.5) is 0 Å². The Labute approximate surface area is 85.1 Å². The number of hydrogen-bond donors (Lipinski definition) is 2. The summed E-state index contributed by atoms with van der Waals surface area (Å²) in [6.07, 6.45) is 3.27. The van der Waals surface area contributed by atoms with Crippen molar-refractivity contribution >= 4 is 5.97 Å². The molecule has 3 atom stereocenters. The van der Waals surface area contributed by atoms with Crippen LogP contribution in [-0.4, -0.2) is 40.6 Å². The van der Waals surface area contributed by atoms with Crippen molar-refractivity contribution in [2.24, 2.45) is 5.73 Å². The first-order valence-electron chi connectivity index (χ1n) is 5.28. The zero-order valence-electron chi connectivity index (χ0n) is 8.94. The van der Waals surface area contributed by atoms with Crippen molar-refractivity contribution < 1.29 is 9.90 Å². The average molecular weight is 200 g/mol. The molecular formula is C10H20N2O2. The first-order chi connectivity index (χ1) is 6.54. The summed E-state index contributed by atoms with van der Waals surface area (Å²) < 4.78 is 0. The van der Waals surface area contributed by atoms with E-state index < -0.39 is 12.0 Å². The third-order valence-electron chi connectivity index (χ3n) is 3.05. The molecule has 14 heavy (non-hydrogen) atoms. The zero-order valence-corrected chi connectivity index (χ0v) is 8.94. The van der Waals surface area contributed by atoms with Gasteiger partial charge in [-0.2, -0.15) is 0 Å². The van der Waals surface area contributed by atoms with Gasteiger partial charge in [0.05, 0.1) is 0 Å². The SMILES string of the molecule is CC(N)C1CCCCN1C(C)C(=O)O. The van der Waals surface area contributed by atoms with Gasteiger partial charge in [0.15, 0.2) is 0 Å². The Morgan fingerprint density at radius 3 is 2.64 bits per heavy atom. The van der Waals surface area contributed by atoms with Crippen molar-refractivity contribution in [1.82, 2.24) is 4.90 Å². The van der Waals surface area contributed by atoms with Crippen LogP contribution in [0.1, 0.15) is 33.1 Å². The topological polar surface area (TPSA) is 66.6 Å². The number of carboxylic acid groups (broad SMARTS) is 1. The van der Waals surface area contributed by atoms with Crippen LogP contribution in [0.5, 0.6) is 0 Å². The van der Waals surface area contributed by atoms with Crippen LogP contribution >= 0.6 is 0 Å². The maximum absolute atomic E-state index is 10.9. The number of likely N-dealkylation sites (tertiary alicyclic amines) is 1. The van der Waals surface area contributed by atoms with Crippen molar-refractivity contribution in [3.05, 3.63) is 0 Å². The third kappa shape index (κ3) is 2.45. The predicted octanol–water partition coefficient (Wildman–Crippen LogP) is 0.661. The predicted molar refractivity (Wildman–Crippen MR) is 55.1 cm³/mol. The minimum atomic E-state index is -0.752. The Morgan fingerprint density at radius 1 is 1.50 bits per heavy atom. The molecule has 0 aromatic heterocycles. The maximum atomic E-state index is 10.9. The molecule has 0 spiro atoms. The average Bonchev–Trinajstić information content (AvgIpc) is 2.16. The van der Waals surface area contributed by atoms with Crippen LogP contribution in [0.3, 0.4) is 0 Å². The van der Waals surface area contributed by atoms with Gasteiger partial charge in [-0.05, 0) is 33.2 Å². The highest BCUT2D eigenvalue weighted by Gasteiger charge is 2.31. The fraction of sp³-hybridized carbons (Fsp3) is 0.900. The molecule has 1 aliphatic heterocycles. The highest BCUT2D eigenvalue weighted by Crippen LogP contribution is 2.21. The van der Waals surface area contributed by atoms with Crippen molar-refractivity contribution in [2.45, 2.75) is 51.2 Å². The highest BCUT2D eigenvalue weighted by atomic mass is 16.4. The van der Waals surface area contributed by atoms with E-state index in [-0.39, 0.29) is 12.1 Å². The maximum Gasteiger partial charge on any atom is 0.320 e. The molecule has 0 aliphatic carbocycles. The molecule has 1 rings (SSSR count). The molecule has 0 bridgehead atoms. The molecule has 1 aliphatic rings. The van der Waals surface area contributed by atoms with E-state index in [1.165, 1.54) is 0 Å². The van der Waals surface area contributed by atoms with Crippen molar-refractivity contribution in [3.63, 3.8) is 0 Å². The largest absolute Gasteiger partial charge is 0.480 e. The minimum absolute atomic E-state index is 0.0529. The monoisotopic (exact) mass is 200 g/mol. The van der Waals surface area contributed by atoms with E-state index in [1.54, 1.807) is 6.92 Å². The summed E-state index contributed by atoms with van der Waals surface area (Å²) in [5.74, 6) is -0.752. The lowest BCUT2D eigenvalue weighted by molar-refractivity contribution is -0.144. The van der Waals surface area contributed by atoms with Crippen molar-refractivity contribution in [3.8, 4) is 0 Å². The standard InChI is InChI=1S/C10H20N2O2/c1-7(11)9-5-3-4-6-12(9)8(2)10(13)14/h7-9H,3-6,11H2,1-2H3,(H,13,14). The summed E-state index contributed by atoms with van der Waals surface area (Å²) in [5, 5.41) is 8.95. The molecule has 1 fully saturated rings. The molecular weight excluding hydrogens is 180 g/mol. The fourth-order valence-corrected chi connectivity index (χ4v) is 2.17. The Morgan fingerprint density at radius 2 is 2.14 bits per heavy atom. The van der Waals surface area contributed by atoms with Crippen molar-refractivity contribution in [1.29, 1.82) is 0 Å². The molecule has 1 saturated heterocycles. The smallest absolute Gasteiger partial charge is 0.320 e. The fourth-order valence-electron chi connectivity index (χ4n) is 2.17.